The van der Waals surface area contributed by atoms with Crippen molar-refractivity contribution >= 4 is 39.1 Å². The lowest BCUT2D eigenvalue weighted by molar-refractivity contribution is 0.0733. The first-order valence-electron chi connectivity index (χ1n) is 7.40. The summed E-state index contributed by atoms with van der Waals surface area (Å²) in [5.41, 5.74) is 1.01. The predicted octanol–water partition coefficient (Wildman–Crippen LogP) is 3.07. The Labute approximate surface area is 157 Å². The molecule has 2 aromatic rings. The molecule has 0 saturated carbocycles. The van der Waals surface area contributed by atoms with E-state index >= 15 is 0 Å². The van der Waals surface area contributed by atoms with Crippen molar-refractivity contribution in [3.05, 3.63) is 51.8 Å². The average molecular weight is 404 g/mol. The van der Waals surface area contributed by atoms with Gasteiger partial charge in [-0.05, 0) is 37.7 Å². The van der Waals surface area contributed by atoms with Crippen molar-refractivity contribution < 1.29 is 13.2 Å². The van der Waals surface area contributed by atoms with E-state index in [1.54, 1.807) is 32.3 Å². The molecule has 0 aliphatic rings. The zero-order valence-electron chi connectivity index (χ0n) is 14.2. The second kappa shape index (κ2) is 7.37. The van der Waals surface area contributed by atoms with Gasteiger partial charge < -0.3 is 9.47 Å². The molecule has 1 aromatic heterocycles. The van der Waals surface area contributed by atoms with Crippen molar-refractivity contribution in [2.45, 2.75) is 17.9 Å². The zero-order valence-corrected chi connectivity index (χ0v) is 16.6. The lowest BCUT2D eigenvalue weighted by Gasteiger charge is -2.26. The number of benzene rings is 1. The van der Waals surface area contributed by atoms with Crippen LogP contribution in [0, 0.1) is 0 Å². The topological polar surface area (TPSA) is 71.4 Å². The molecule has 1 unspecified atom stereocenters. The maximum absolute atomic E-state index is 12.8. The van der Waals surface area contributed by atoms with Crippen LogP contribution in [0.4, 0.5) is 0 Å². The molecule has 0 saturated heterocycles. The van der Waals surface area contributed by atoms with E-state index in [2.05, 4.69) is 4.72 Å². The molecule has 0 bridgehead atoms. The molecule has 1 atom stereocenters. The highest BCUT2D eigenvalue weighted by molar-refractivity contribution is 7.89. The van der Waals surface area contributed by atoms with Gasteiger partial charge in [-0.3, -0.25) is 4.79 Å². The number of aryl methyl sites for hydroxylation is 1. The van der Waals surface area contributed by atoms with Gasteiger partial charge in [0, 0.05) is 30.3 Å². The first-order chi connectivity index (χ1) is 11.6. The Bertz CT molecular complexity index is 909. The number of sulfonamides is 1. The molecular formula is C16H19Cl2N3O3S. The van der Waals surface area contributed by atoms with E-state index < -0.39 is 10.0 Å². The van der Waals surface area contributed by atoms with Crippen molar-refractivity contribution in [2.75, 3.05) is 14.1 Å². The standard InChI is InChI=1S/C16H19Cl2N3O3S/c1-10(13-6-5-11(17)7-14(13)18)21(4)16(22)15-8-12(9-20(15)3)25(23,24)19-2/h5-10,19H,1-4H3. The number of hydrogen-bond acceptors (Lipinski definition) is 3. The highest BCUT2D eigenvalue weighted by Gasteiger charge is 2.25. The summed E-state index contributed by atoms with van der Waals surface area (Å²) >= 11 is 12.1. The Morgan fingerprint density at radius 2 is 1.92 bits per heavy atom. The molecule has 0 spiro atoms. The molecule has 0 aliphatic carbocycles. The van der Waals surface area contributed by atoms with Crippen molar-refractivity contribution in [3.63, 3.8) is 0 Å². The first-order valence-corrected chi connectivity index (χ1v) is 9.64. The highest BCUT2D eigenvalue weighted by atomic mass is 35.5. The average Bonchev–Trinajstić information content (AvgIpc) is 2.95. The van der Waals surface area contributed by atoms with Gasteiger partial charge in [-0.15, -0.1) is 0 Å². The summed E-state index contributed by atoms with van der Waals surface area (Å²) in [5.74, 6) is -0.321. The third-order valence-corrected chi connectivity index (χ3v) is 6.04. The lowest BCUT2D eigenvalue weighted by atomic mass is 10.1. The number of nitrogens with one attached hydrogen (secondary N) is 1. The summed E-state index contributed by atoms with van der Waals surface area (Å²) in [7, 11) is 0.956. The van der Waals surface area contributed by atoms with Crippen LogP contribution in [0.25, 0.3) is 0 Å². The third kappa shape index (κ3) is 4.00. The minimum Gasteiger partial charge on any atom is -0.345 e. The molecule has 1 heterocycles. The van der Waals surface area contributed by atoms with Crippen LogP contribution in [0.2, 0.25) is 10.0 Å². The molecule has 25 heavy (non-hydrogen) atoms. The molecule has 1 N–H and O–H groups in total. The van der Waals surface area contributed by atoms with Crippen LogP contribution in [0.3, 0.4) is 0 Å². The Kier molecular flexibility index (Phi) is 5.83. The Morgan fingerprint density at radius 1 is 1.28 bits per heavy atom. The summed E-state index contributed by atoms with van der Waals surface area (Å²) in [6, 6.07) is 6.11. The molecule has 1 aromatic carbocycles. The van der Waals surface area contributed by atoms with Gasteiger partial charge in [-0.25, -0.2) is 13.1 Å². The summed E-state index contributed by atoms with van der Waals surface area (Å²) in [4.78, 5) is 14.3. The summed E-state index contributed by atoms with van der Waals surface area (Å²) in [5, 5.41) is 0.976. The second-order valence-corrected chi connectivity index (χ2v) is 8.37. The van der Waals surface area contributed by atoms with Crippen molar-refractivity contribution in [1.82, 2.24) is 14.2 Å². The molecule has 1 amide bonds. The van der Waals surface area contributed by atoms with Gasteiger partial charge in [0.05, 0.1) is 6.04 Å². The Morgan fingerprint density at radius 3 is 2.48 bits per heavy atom. The van der Waals surface area contributed by atoms with Gasteiger partial charge in [0.2, 0.25) is 10.0 Å². The van der Waals surface area contributed by atoms with Crippen LogP contribution in [0.5, 0.6) is 0 Å². The summed E-state index contributed by atoms with van der Waals surface area (Å²) < 4.78 is 27.5. The van der Waals surface area contributed by atoms with E-state index in [9.17, 15) is 13.2 Å². The monoisotopic (exact) mass is 403 g/mol. The Hall–Kier alpha value is -1.54. The van der Waals surface area contributed by atoms with E-state index in [0.29, 0.717) is 10.0 Å². The van der Waals surface area contributed by atoms with Crippen molar-refractivity contribution in [1.29, 1.82) is 0 Å². The molecular weight excluding hydrogens is 385 g/mol. The molecule has 6 nitrogen and oxygen atoms in total. The van der Waals surface area contributed by atoms with Crippen molar-refractivity contribution in [2.24, 2.45) is 7.05 Å². The normalized spacial score (nSPS) is 12.9. The number of amides is 1. The van der Waals surface area contributed by atoms with E-state index in [1.807, 2.05) is 6.92 Å². The number of aromatic nitrogens is 1. The summed E-state index contributed by atoms with van der Waals surface area (Å²) in [6.45, 7) is 1.83. The molecule has 0 fully saturated rings. The molecule has 136 valence electrons. The first kappa shape index (κ1) is 19.8. The van der Waals surface area contributed by atoms with Gasteiger partial charge in [-0.2, -0.15) is 0 Å². The third-order valence-electron chi connectivity index (χ3n) is 4.09. The number of nitrogens with zero attached hydrogens (tertiary/aromatic N) is 2. The zero-order chi connectivity index (χ0) is 18.9. The molecule has 0 radical (unpaired) electrons. The summed E-state index contributed by atoms with van der Waals surface area (Å²) in [6.07, 6.45) is 1.40. The minimum absolute atomic E-state index is 0.0337. The van der Waals surface area contributed by atoms with Gasteiger partial charge in [-0.1, -0.05) is 29.3 Å². The quantitative estimate of drug-likeness (QED) is 0.833. The van der Waals surface area contributed by atoms with Crippen LogP contribution in [-0.2, 0) is 17.1 Å². The minimum atomic E-state index is -3.62. The Balaban J connectivity index is 2.34. The van der Waals surface area contributed by atoms with E-state index in [-0.39, 0.29) is 22.5 Å². The number of halogens is 2. The highest BCUT2D eigenvalue weighted by Crippen LogP contribution is 2.30. The molecule has 9 heteroatoms. The van der Waals surface area contributed by atoms with Crippen LogP contribution >= 0.6 is 23.2 Å². The van der Waals surface area contributed by atoms with Crippen molar-refractivity contribution in [3.8, 4) is 0 Å². The number of rotatable bonds is 5. The largest absolute Gasteiger partial charge is 0.345 e. The maximum Gasteiger partial charge on any atom is 0.270 e. The molecule has 0 aliphatic heterocycles. The van der Waals surface area contributed by atoms with Gasteiger partial charge in [0.25, 0.3) is 5.91 Å². The number of carbonyl (C=O) groups excluding carboxylic acids is 1. The smallest absolute Gasteiger partial charge is 0.270 e. The fourth-order valence-electron chi connectivity index (χ4n) is 2.42. The number of hydrogen-bond donors (Lipinski definition) is 1. The van der Waals surface area contributed by atoms with E-state index in [4.69, 9.17) is 23.2 Å². The van der Waals surface area contributed by atoms with Crippen LogP contribution in [0.1, 0.15) is 29.0 Å². The lowest BCUT2D eigenvalue weighted by Crippen LogP contribution is -2.31. The fourth-order valence-corrected chi connectivity index (χ4v) is 3.78. The number of carbonyl (C=O) groups is 1. The van der Waals surface area contributed by atoms with Crippen LogP contribution in [0.15, 0.2) is 35.4 Å². The van der Waals surface area contributed by atoms with Gasteiger partial charge in [0.1, 0.15) is 10.6 Å². The van der Waals surface area contributed by atoms with Crippen LogP contribution in [-0.4, -0.2) is 37.9 Å². The van der Waals surface area contributed by atoms with Gasteiger partial charge >= 0.3 is 0 Å². The van der Waals surface area contributed by atoms with Gasteiger partial charge in [0.15, 0.2) is 0 Å². The SMILES string of the molecule is CNS(=O)(=O)c1cc(C(=O)N(C)C(C)c2ccc(Cl)cc2Cl)n(C)c1. The predicted molar refractivity (Wildman–Crippen MR) is 98.6 cm³/mol. The molecule has 2 rings (SSSR count). The van der Waals surface area contributed by atoms with E-state index in [0.717, 1.165) is 5.56 Å². The fraction of sp³-hybridized carbons (Fsp3) is 0.312. The van der Waals surface area contributed by atoms with Crippen LogP contribution < -0.4 is 4.72 Å². The van der Waals surface area contributed by atoms with E-state index in [1.165, 1.54) is 28.8 Å². The maximum atomic E-state index is 12.8. The second-order valence-electron chi connectivity index (χ2n) is 5.64.